The summed E-state index contributed by atoms with van der Waals surface area (Å²) >= 11 is 0. The van der Waals surface area contributed by atoms with Crippen molar-refractivity contribution >= 4 is 17.6 Å². The molecule has 1 amide bonds. The number of aryl methyl sites for hydroxylation is 1. The van der Waals surface area contributed by atoms with Gasteiger partial charge in [-0.3, -0.25) is 4.79 Å². The topological polar surface area (TPSA) is 57.6 Å². The zero-order valence-corrected chi connectivity index (χ0v) is 13.5. The summed E-state index contributed by atoms with van der Waals surface area (Å²) in [6, 6.07) is 16.5. The van der Waals surface area contributed by atoms with E-state index in [0.717, 1.165) is 17.8 Å². The standard InChI is InChI=1S/C20H21NO3/c22-19(13-10-15-8-11-17(12-9-15)20(23)24)21(14-16-6-7-16)18-4-2-1-3-5-18/h1-5,8-9,11-12,16H,6-7,10,13-14H2,(H,23,24). The number of rotatable bonds is 7. The first kappa shape index (κ1) is 16.2. The Balaban J connectivity index is 1.63. The number of benzene rings is 2. The van der Waals surface area contributed by atoms with Gasteiger partial charge in [0.05, 0.1) is 5.56 Å². The Kier molecular flexibility index (Phi) is 4.94. The molecule has 0 bridgehead atoms. The van der Waals surface area contributed by atoms with E-state index < -0.39 is 5.97 Å². The predicted molar refractivity (Wildman–Crippen MR) is 93.2 cm³/mol. The molecule has 1 fully saturated rings. The van der Waals surface area contributed by atoms with Crippen molar-refractivity contribution in [2.75, 3.05) is 11.4 Å². The number of hydrogen-bond donors (Lipinski definition) is 1. The second-order valence-corrected chi connectivity index (χ2v) is 6.29. The minimum absolute atomic E-state index is 0.121. The Bertz CT molecular complexity index is 705. The van der Waals surface area contributed by atoms with Crippen molar-refractivity contribution in [3.05, 3.63) is 65.7 Å². The normalized spacial score (nSPS) is 13.5. The molecule has 4 heteroatoms. The number of amides is 1. The van der Waals surface area contributed by atoms with Crippen LogP contribution in [-0.4, -0.2) is 23.5 Å². The molecule has 0 atom stereocenters. The van der Waals surface area contributed by atoms with Crippen LogP contribution in [0.2, 0.25) is 0 Å². The van der Waals surface area contributed by atoms with Crippen LogP contribution in [0, 0.1) is 5.92 Å². The Labute approximate surface area is 141 Å². The fourth-order valence-corrected chi connectivity index (χ4v) is 2.72. The number of carboxylic acid groups (broad SMARTS) is 1. The molecule has 0 unspecified atom stereocenters. The van der Waals surface area contributed by atoms with E-state index >= 15 is 0 Å². The summed E-state index contributed by atoms with van der Waals surface area (Å²) in [7, 11) is 0. The van der Waals surface area contributed by atoms with E-state index in [9.17, 15) is 9.59 Å². The van der Waals surface area contributed by atoms with Gasteiger partial charge in [0.2, 0.25) is 5.91 Å². The molecule has 1 N–H and O–H groups in total. The first-order chi connectivity index (χ1) is 11.6. The number of carboxylic acids is 1. The molecule has 1 aliphatic rings. The number of para-hydroxylation sites is 1. The van der Waals surface area contributed by atoms with Crippen molar-refractivity contribution in [3.63, 3.8) is 0 Å². The van der Waals surface area contributed by atoms with E-state index in [1.54, 1.807) is 24.3 Å². The highest BCUT2D eigenvalue weighted by atomic mass is 16.4. The Morgan fingerprint density at radius 3 is 2.25 bits per heavy atom. The van der Waals surface area contributed by atoms with Gasteiger partial charge in [-0.2, -0.15) is 0 Å². The third-order valence-corrected chi connectivity index (χ3v) is 4.34. The second-order valence-electron chi connectivity index (χ2n) is 6.29. The van der Waals surface area contributed by atoms with Gasteiger partial charge in [-0.15, -0.1) is 0 Å². The number of carbonyl (C=O) groups is 2. The SMILES string of the molecule is O=C(O)c1ccc(CCC(=O)N(CC2CC2)c2ccccc2)cc1. The van der Waals surface area contributed by atoms with Crippen LogP contribution >= 0.6 is 0 Å². The summed E-state index contributed by atoms with van der Waals surface area (Å²) in [5.74, 6) is -0.184. The molecule has 0 saturated heterocycles. The molecule has 1 saturated carbocycles. The monoisotopic (exact) mass is 323 g/mol. The molecule has 0 aliphatic heterocycles. The van der Waals surface area contributed by atoms with E-state index in [1.807, 2.05) is 35.2 Å². The smallest absolute Gasteiger partial charge is 0.335 e. The van der Waals surface area contributed by atoms with Crippen molar-refractivity contribution in [2.45, 2.75) is 25.7 Å². The van der Waals surface area contributed by atoms with Crippen LogP contribution in [0.15, 0.2) is 54.6 Å². The lowest BCUT2D eigenvalue weighted by Crippen LogP contribution is -2.33. The molecule has 0 aromatic heterocycles. The second kappa shape index (κ2) is 7.30. The zero-order valence-electron chi connectivity index (χ0n) is 13.5. The average Bonchev–Trinajstić information content (AvgIpc) is 3.43. The molecular formula is C20H21NO3. The van der Waals surface area contributed by atoms with Crippen molar-refractivity contribution in [1.82, 2.24) is 0 Å². The fraction of sp³-hybridized carbons (Fsp3) is 0.300. The molecule has 2 aromatic rings. The highest BCUT2D eigenvalue weighted by molar-refractivity contribution is 5.93. The van der Waals surface area contributed by atoms with Crippen LogP contribution in [-0.2, 0) is 11.2 Å². The van der Waals surface area contributed by atoms with Gasteiger partial charge < -0.3 is 10.0 Å². The summed E-state index contributed by atoms with van der Waals surface area (Å²) < 4.78 is 0. The Hall–Kier alpha value is -2.62. The van der Waals surface area contributed by atoms with E-state index in [4.69, 9.17) is 5.11 Å². The molecule has 124 valence electrons. The molecule has 4 nitrogen and oxygen atoms in total. The Morgan fingerprint density at radius 2 is 1.67 bits per heavy atom. The lowest BCUT2D eigenvalue weighted by atomic mass is 10.1. The number of anilines is 1. The number of carbonyl (C=O) groups excluding carboxylic acids is 1. The largest absolute Gasteiger partial charge is 0.478 e. The molecule has 1 aliphatic carbocycles. The molecular weight excluding hydrogens is 302 g/mol. The third-order valence-electron chi connectivity index (χ3n) is 4.34. The van der Waals surface area contributed by atoms with Gasteiger partial charge in [0.15, 0.2) is 0 Å². The number of hydrogen-bond acceptors (Lipinski definition) is 2. The molecule has 0 spiro atoms. The van der Waals surface area contributed by atoms with Gasteiger partial charge in [-0.1, -0.05) is 30.3 Å². The van der Waals surface area contributed by atoms with Crippen molar-refractivity contribution in [2.24, 2.45) is 5.92 Å². The predicted octanol–water partition coefficient (Wildman–Crippen LogP) is 3.76. The zero-order chi connectivity index (χ0) is 16.9. The number of aromatic carboxylic acids is 1. The highest BCUT2D eigenvalue weighted by Gasteiger charge is 2.27. The van der Waals surface area contributed by atoms with Crippen LogP contribution in [0.5, 0.6) is 0 Å². The summed E-state index contributed by atoms with van der Waals surface area (Å²) in [6.45, 7) is 0.792. The lowest BCUT2D eigenvalue weighted by Gasteiger charge is -2.23. The third kappa shape index (κ3) is 4.22. The minimum Gasteiger partial charge on any atom is -0.478 e. The van der Waals surface area contributed by atoms with E-state index in [0.29, 0.717) is 18.8 Å². The molecule has 0 heterocycles. The van der Waals surface area contributed by atoms with E-state index in [2.05, 4.69) is 0 Å². The van der Waals surface area contributed by atoms with Crippen molar-refractivity contribution in [3.8, 4) is 0 Å². The van der Waals surface area contributed by atoms with Crippen LogP contribution in [0.1, 0.15) is 35.2 Å². The van der Waals surface area contributed by atoms with Crippen LogP contribution in [0.3, 0.4) is 0 Å². The average molecular weight is 323 g/mol. The maximum atomic E-state index is 12.7. The van der Waals surface area contributed by atoms with Crippen molar-refractivity contribution < 1.29 is 14.7 Å². The summed E-state index contributed by atoms with van der Waals surface area (Å²) in [4.78, 5) is 25.5. The minimum atomic E-state index is -0.933. The fourth-order valence-electron chi connectivity index (χ4n) is 2.72. The molecule has 0 radical (unpaired) electrons. The van der Waals surface area contributed by atoms with E-state index in [1.165, 1.54) is 12.8 Å². The van der Waals surface area contributed by atoms with E-state index in [-0.39, 0.29) is 11.5 Å². The first-order valence-corrected chi connectivity index (χ1v) is 8.31. The van der Waals surface area contributed by atoms with Gasteiger partial charge in [-0.25, -0.2) is 4.79 Å². The Morgan fingerprint density at radius 1 is 1.00 bits per heavy atom. The summed E-state index contributed by atoms with van der Waals surface area (Å²) in [5, 5.41) is 8.92. The molecule has 24 heavy (non-hydrogen) atoms. The first-order valence-electron chi connectivity index (χ1n) is 8.31. The maximum Gasteiger partial charge on any atom is 0.335 e. The van der Waals surface area contributed by atoms with Gasteiger partial charge in [0, 0.05) is 18.7 Å². The van der Waals surface area contributed by atoms with Crippen LogP contribution < -0.4 is 4.90 Å². The maximum absolute atomic E-state index is 12.7. The van der Waals surface area contributed by atoms with Gasteiger partial charge in [0.25, 0.3) is 0 Å². The van der Waals surface area contributed by atoms with Crippen LogP contribution in [0.4, 0.5) is 5.69 Å². The quantitative estimate of drug-likeness (QED) is 0.844. The highest BCUT2D eigenvalue weighted by Crippen LogP contribution is 2.31. The lowest BCUT2D eigenvalue weighted by molar-refractivity contribution is -0.118. The molecule has 2 aromatic carbocycles. The van der Waals surface area contributed by atoms with Gasteiger partial charge >= 0.3 is 5.97 Å². The van der Waals surface area contributed by atoms with Gasteiger partial charge in [-0.05, 0) is 55.0 Å². The van der Waals surface area contributed by atoms with Crippen molar-refractivity contribution in [1.29, 1.82) is 0 Å². The summed E-state index contributed by atoms with van der Waals surface area (Å²) in [5.41, 5.74) is 2.20. The van der Waals surface area contributed by atoms with Gasteiger partial charge in [0.1, 0.15) is 0 Å². The summed E-state index contributed by atoms with van der Waals surface area (Å²) in [6.07, 6.45) is 3.45. The van der Waals surface area contributed by atoms with Crippen LogP contribution in [0.25, 0.3) is 0 Å². The molecule has 3 rings (SSSR count). The number of nitrogens with zero attached hydrogens (tertiary/aromatic N) is 1.